The van der Waals surface area contributed by atoms with Crippen molar-refractivity contribution < 1.29 is 5.11 Å². The van der Waals surface area contributed by atoms with E-state index in [9.17, 15) is 14.7 Å². The van der Waals surface area contributed by atoms with Crippen molar-refractivity contribution in [1.82, 2.24) is 14.3 Å². The number of aromatic nitrogens is 3. The van der Waals surface area contributed by atoms with Gasteiger partial charge in [0.25, 0.3) is 0 Å². The van der Waals surface area contributed by atoms with Gasteiger partial charge in [-0.3, -0.25) is 0 Å². The lowest BCUT2D eigenvalue weighted by Crippen LogP contribution is -2.27. The van der Waals surface area contributed by atoms with Gasteiger partial charge in [0.05, 0.1) is 11.8 Å². The Morgan fingerprint density at radius 1 is 1.20 bits per heavy atom. The standard InChI is InChI=1S/C14H19N3O3/c1-11(18)7-5-6-10-16-14(20)17(13(19)15-16)12-8-3-2-4-9-12/h2-4,8-9,11,18H,5-7,10H2,1H3,(H,15,19)/t11-/m0/s1. The molecule has 1 heterocycles. The van der Waals surface area contributed by atoms with E-state index in [0.717, 1.165) is 17.4 Å². The minimum Gasteiger partial charge on any atom is -0.393 e. The summed E-state index contributed by atoms with van der Waals surface area (Å²) in [5.41, 5.74) is -0.239. The van der Waals surface area contributed by atoms with Crippen LogP contribution in [0.1, 0.15) is 26.2 Å². The maximum Gasteiger partial charge on any atom is 0.351 e. The number of unbranched alkanes of at least 4 members (excludes halogenated alkanes) is 1. The lowest BCUT2D eigenvalue weighted by molar-refractivity contribution is 0.179. The zero-order valence-corrected chi connectivity index (χ0v) is 11.5. The van der Waals surface area contributed by atoms with Crippen molar-refractivity contribution in [3.8, 4) is 5.69 Å². The molecule has 2 N–H and O–H groups in total. The Hall–Kier alpha value is -2.08. The number of nitrogens with zero attached hydrogens (tertiary/aromatic N) is 2. The highest BCUT2D eigenvalue weighted by Gasteiger charge is 2.10. The van der Waals surface area contributed by atoms with Crippen molar-refractivity contribution in [3.63, 3.8) is 0 Å². The molecule has 0 unspecified atom stereocenters. The molecule has 1 atom stereocenters. The molecule has 0 aliphatic heterocycles. The second-order valence-electron chi connectivity index (χ2n) is 4.87. The summed E-state index contributed by atoms with van der Waals surface area (Å²) in [7, 11) is 0. The van der Waals surface area contributed by atoms with Crippen molar-refractivity contribution in [2.45, 2.75) is 38.8 Å². The third kappa shape index (κ3) is 3.27. The van der Waals surface area contributed by atoms with Crippen LogP contribution in [0, 0.1) is 0 Å². The van der Waals surface area contributed by atoms with Gasteiger partial charge in [-0.05, 0) is 38.3 Å². The third-order valence-corrected chi connectivity index (χ3v) is 3.12. The topological polar surface area (TPSA) is 80.0 Å². The summed E-state index contributed by atoms with van der Waals surface area (Å²) in [4.78, 5) is 24.0. The Morgan fingerprint density at radius 3 is 2.55 bits per heavy atom. The second-order valence-corrected chi connectivity index (χ2v) is 4.87. The van der Waals surface area contributed by atoms with Crippen LogP contribution in [0.25, 0.3) is 5.69 Å². The van der Waals surface area contributed by atoms with Crippen molar-refractivity contribution in [3.05, 3.63) is 51.3 Å². The molecule has 108 valence electrons. The summed E-state index contributed by atoms with van der Waals surface area (Å²) >= 11 is 0. The fourth-order valence-corrected chi connectivity index (χ4v) is 2.09. The van der Waals surface area contributed by atoms with Crippen LogP contribution in [0.5, 0.6) is 0 Å². The van der Waals surface area contributed by atoms with Crippen LogP contribution in [0.2, 0.25) is 0 Å². The maximum absolute atomic E-state index is 12.2. The van der Waals surface area contributed by atoms with Gasteiger partial charge < -0.3 is 5.11 Å². The average Bonchev–Trinajstić information content (AvgIpc) is 2.70. The van der Waals surface area contributed by atoms with Crippen LogP contribution in [-0.4, -0.2) is 25.6 Å². The van der Waals surface area contributed by atoms with Crippen LogP contribution in [0.4, 0.5) is 0 Å². The lowest BCUT2D eigenvalue weighted by Gasteiger charge is -2.03. The van der Waals surface area contributed by atoms with E-state index in [-0.39, 0.29) is 11.8 Å². The molecule has 20 heavy (non-hydrogen) atoms. The van der Waals surface area contributed by atoms with Crippen molar-refractivity contribution in [2.75, 3.05) is 0 Å². The zero-order valence-electron chi connectivity index (χ0n) is 11.5. The molecule has 0 bridgehead atoms. The number of aryl methyl sites for hydroxylation is 1. The molecule has 6 nitrogen and oxygen atoms in total. The van der Waals surface area contributed by atoms with Gasteiger partial charge in [0.1, 0.15) is 0 Å². The number of aliphatic hydroxyl groups is 1. The number of benzene rings is 1. The van der Waals surface area contributed by atoms with Crippen LogP contribution in [-0.2, 0) is 6.54 Å². The smallest absolute Gasteiger partial charge is 0.351 e. The molecule has 0 aliphatic rings. The van der Waals surface area contributed by atoms with Crippen LogP contribution in [0.3, 0.4) is 0 Å². The van der Waals surface area contributed by atoms with Gasteiger partial charge in [-0.25, -0.2) is 23.9 Å². The molecule has 0 aliphatic carbocycles. The first-order chi connectivity index (χ1) is 9.59. The highest BCUT2D eigenvalue weighted by atomic mass is 16.3. The van der Waals surface area contributed by atoms with Gasteiger partial charge in [0.15, 0.2) is 0 Å². The summed E-state index contributed by atoms with van der Waals surface area (Å²) in [6.45, 7) is 2.18. The van der Waals surface area contributed by atoms with E-state index in [0.29, 0.717) is 18.7 Å². The van der Waals surface area contributed by atoms with E-state index >= 15 is 0 Å². The normalized spacial score (nSPS) is 12.5. The van der Waals surface area contributed by atoms with E-state index < -0.39 is 5.69 Å². The Kier molecular flexibility index (Phi) is 4.57. The number of nitrogens with one attached hydrogen (secondary N) is 1. The van der Waals surface area contributed by atoms with Crippen molar-refractivity contribution in [1.29, 1.82) is 0 Å². The lowest BCUT2D eigenvalue weighted by atomic mass is 10.2. The monoisotopic (exact) mass is 277 g/mol. The van der Waals surface area contributed by atoms with Crippen LogP contribution >= 0.6 is 0 Å². The Balaban J connectivity index is 2.14. The molecular weight excluding hydrogens is 258 g/mol. The van der Waals surface area contributed by atoms with E-state index in [2.05, 4.69) is 5.10 Å². The second kappa shape index (κ2) is 6.38. The summed E-state index contributed by atoms with van der Waals surface area (Å²) in [5, 5.41) is 11.7. The summed E-state index contributed by atoms with van der Waals surface area (Å²) in [6, 6.07) is 8.82. The summed E-state index contributed by atoms with van der Waals surface area (Å²) < 4.78 is 2.44. The van der Waals surface area contributed by atoms with Crippen LogP contribution < -0.4 is 11.4 Å². The fourth-order valence-electron chi connectivity index (χ4n) is 2.09. The van der Waals surface area contributed by atoms with Gasteiger partial charge in [0.2, 0.25) is 0 Å². The molecule has 0 spiro atoms. The molecule has 0 saturated carbocycles. The Morgan fingerprint density at radius 2 is 1.90 bits per heavy atom. The van der Waals surface area contributed by atoms with E-state index in [4.69, 9.17) is 0 Å². The molecule has 0 amide bonds. The van der Waals surface area contributed by atoms with Crippen LogP contribution in [0.15, 0.2) is 39.9 Å². The van der Waals surface area contributed by atoms with E-state index in [1.54, 1.807) is 31.2 Å². The molecule has 1 aromatic carbocycles. The number of para-hydroxylation sites is 1. The van der Waals surface area contributed by atoms with Gasteiger partial charge in [-0.15, -0.1) is 0 Å². The van der Waals surface area contributed by atoms with Gasteiger partial charge >= 0.3 is 11.4 Å². The average molecular weight is 277 g/mol. The largest absolute Gasteiger partial charge is 0.393 e. The van der Waals surface area contributed by atoms with Gasteiger partial charge in [0, 0.05) is 6.54 Å². The Bertz CT molecular complexity index is 652. The highest BCUT2D eigenvalue weighted by molar-refractivity contribution is 5.30. The number of aliphatic hydroxyl groups excluding tert-OH is 1. The molecule has 0 fully saturated rings. The number of aromatic amines is 1. The molecule has 6 heteroatoms. The molecule has 2 rings (SSSR count). The molecule has 1 aromatic heterocycles. The number of hydrogen-bond donors (Lipinski definition) is 2. The molecular formula is C14H19N3O3. The molecule has 2 aromatic rings. The number of rotatable bonds is 6. The minimum atomic E-state index is -0.434. The zero-order chi connectivity index (χ0) is 14.5. The van der Waals surface area contributed by atoms with Crippen molar-refractivity contribution in [2.24, 2.45) is 0 Å². The minimum absolute atomic E-state index is 0.334. The quantitative estimate of drug-likeness (QED) is 0.769. The number of H-pyrrole nitrogens is 1. The highest BCUT2D eigenvalue weighted by Crippen LogP contribution is 2.02. The first-order valence-corrected chi connectivity index (χ1v) is 6.75. The Labute approximate surface area is 116 Å². The van der Waals surface area contributed by atoms with Gasteiger partial charge in [-0.1, -0.05) is 18.2 Å². The van der Waals surface area contributed by atoms with Crippen molar-refractivity contribution >= 4 is 0 Å². The predicted molar refractivity (Wildman–Crippen MR) is 76.2 cm³/mol. The van der Waals surface area contributed by atoms with Gasteiger partial charge in [-0.2, -0.15) is 0 Å². The molecule has 0 saturated heterocycles. The maximum atomic E-state index is 12.2. The SMILES string of the molecule is C[C@H](O)CCCCn1[nH]c(=O)n(-c2ccccc2)c1=O. The summed E-state index contributed by atoms with van der Waals surface area (Å²) in [5.74, 6) is 0. The summed E-state index contributed by atoms with van der Waals surface area (Å²) in [6.07, 6.45) is 1.90. The fraction of sp³-hybridized carbons (Fsp3) is 0.429. The predicted octanol–water partition coefficient (Wildman–Crippen LogP) is 0.878. The molecule has 0 radical (unpaired) electrons. The first-order valence-electron chi connectivity index (χ1n) is 6.75. The first kappa shape index (κ1) is 14.3. The van der Waals surface area contributed by atoms with E-state index in [1.165, 1.54) is 4.68 Å². The third-order valence-electron chi connectivity index (χ3n) is 3.12. The number of hydrogen-bond acceptors (Lipinski definition) is 3. The van der Waals surface area contributed by atoms with E-state index in [1.807, 2.05) is 6.07 Å².